The van der Waals surface area contributed by atoms with Gasteiger partial charge in [0.1, 0.15) is 10.6 Å². The van der Waals surface area contributed by atoms with Crippen molar-refractivity contribution in [3.8, 4) is 5.75 Å². The summed E-state index contributed by atoms with van der Waals surface area (Å²) in [5, 5.41) is 5.03. The zero-order valence-electron chi connectivity index (χ0n) is 7.44. The number of hydrogen-bond acceptors (Lipinski definition) is 3. The van der Waals surface area contributed by atoms with Crippen LogP contribution in [0.2, 0.25) is 0 Å². The van der Waals surface area contributed by atoms with Gasteiger partial charge in [0.05, 0.1) is 7.11 Å². The van der Waals surface area contributed by atoms with Crippen molar-refractivity contribution in [1.29, 1.82) is 0 Å². The molecule has 5 heteroatoms. The van der Waals surface area contributed by atoms with E-state index in [1.54, 1.807) is 25.1 Å². The molecule has 0 bridgehead atoms. The first kappa shape index (κ1) is 10.0. The number of primary sulfonamides is 1. The zero-order chi connectivity index (χ0) is 10.1. The summed E-state index contributed by atoms with van der Waals surface area (Å²) in [7, 11) is -2.30. The summed E-state index contributed by atoms with van der Waals surface area (Å²) in [6.07, 6.45) is 0. The summed E-state index contributed by atoms with van der Waals surface area (Å²) < 4.78 is 27.2. The van der Waals surface area contributed by atoms with Crippen molar-refractivity contribution in [2.75, 3.05) is 7.11 Å². The van der Waals surface area contributed by atoms with E-state index in [2.05, 4.69) is 0 Å². The third-order valence-corrected chi connectivity index (χ3v) is 2.77. The zero-order valence-corrected chi connectivity index (χ0v) is 8.26. The van der Waals surface area contributed by atoms with Gasteiger partial charge in [0.15, 0.2) is 0 Å². The molecule has 0 aliphatic heterocycles. The third-order valence-electron chi connectivity index (χ3n) is 1.68. The number of hydrogen-bond donors (Lipinski definition) is 1. The first-order valence-corrected chi connectivity index (χ1v) is 5.18. The summed E-state index contributed by atoms with van der Waals surface area (Å²) >= 11 is 0. The molecule has 0 atom stereocenters. The van der Waals surface area contributed by atoms with E-state index in [9.17, 15) is 8.42 Å². The van der Waals surface area contributed by atoms with Crippen LogP contribution in [0.5, 0.6) is 5.75 Å². The molecule has 13 heavy (non-hydrogen) atoms. The van der Waals surface area contributed by atoms with E-state index in [0.29, 0.717) is 5.56 Å². The van der Waals surface area contributed by atoms with Gasteiger partial charge in [-0.05, 0) is 18.6 Å². The SMILES string of the molecule is COc1cccc(C)c1S(N)(=O)=O. The van der Waals surface area contributed by atoms with Crippen molar-refractivity contribution < 1.29 is 13.2 Å². The van der Waals surface area contributed by atoms with Crippen LogP contribution in [0, 0.1) is 6.92 Å². The Morgan fingerprint density at radius 3 is 2.38 bits per heavy atom. The number of ether oxygens (including phenoxy) is 1. The number of rotatable bonds is 2. The van der Waals surface area contributed by atoms with Gasteiger partial charge in [0.2, 0.25) is 10.0 Å². The van der Waals surface area contributed by atoms with Crippen LogP contribution >= 0.6 is 0 Å². The van der Waals surface area contributed by atoms with Gasteiger partial charge in [-0.3, -0.25) is 0 Å². The maximum absolute atomic E-state index is 11.1. The minimum atomic E-state index is -3.70. The minimum absolute atomic E-state index is 0.0532. The van der Waals surface area contributed by atoms with Crippen molar-refractivity contribution in [2.45, 2.75) is 11.8 Å². The normalized spacial score (nSPS) is 11.3. The van der Waals surface area contributed by atoms with Crippen LogP contribution in [-0.4, -0.2) is 15.5 Å². The third kappa shape index (κ3) is 1.99. The van der Waals surface area contributed by atoms with E-state index in [-0.39, 0.29) is 10.6 Å². The molecule has 0 aliphatic rings. The van der Waals surface area contributed by atoms with Gasteiger partial charge >= 0.3 is 0 Å². The molecule has 72 valence electrons. The predicted molar refractivity (Wildman–Crippen MR) is 49.1 cm³/mol. The lowest BCUT2D eigenvalue weighted by Gasteiger charge is -2.08. The molecule has 0 unspecified atom stereocenters. The van der Waals surface area contributed by atoms with Crippen LogP contribution in [0.1, 0.15) is 5.56 Å². The van der Waals surface area contributed by atoms with Gasteiger partial charge in [0, 0.05) is 0 Å². The van der Waals surface area contributed by atoms with E-state index in [1.165, 1.54) is 7.11 Å². The molecule has 1 aromatic rings. The van der Waals surface area contributed by atoms with E-state index in [4.69, 9.17) is 9.88 Å². The van der Waals surface area contributed by atoms with Crippen LogP contribution in [0.3, 0.4) is 0 Å². The topological polar surface area (TPSA) is 69.4 Å². The van der Waals surface area contributed by atoms with E-state index in [1.807, 2.05) is 0 Å². The second kappa shape index (κ2) is 3.35. The Morgan fingerprint density at radius 2 is 2.00 bits per heavy atom. The Morgan fingerprint density at radius 1 is 1.38 bits per heavy atom. The fourth-order valence-electron chi connectivity index (χ4n) is 1.15. The second-order valence-corrected chi connectivity index (χ2v) is 4.15. The van der Waals surface area contributed by atoms with Crippen LogP contribution in [0.25, 0.3) is 0 Å². The minimum Gasteiger partial charge on any atom is -0.495 e. The van der Waals surface area contributed by atoms with Crippen molar-refractivity contribution >= 4 is 10.0 Å². The molecule has 0 aromatic heterocycles. The molecule has 1 rings (SSSR count). The lowest BCUT2D eigenvalue weighted by atomic mass is 10.2. The maximum atomic E-state index is 11.1. The van der Waals surface area contributed by atoms with Crippen molar-refractivity contribution in [3.63, 3.8) is 0 Å². The summed E-state index contributed by atoms with van der Waals surface area (Å²) in [6.45, 7) is 1.67. The van der Waals surface area contributed by atoms with Crippen LogP contribution < -0.4 is 9.88 Å². The van der Waals surface area contributed by atoms with E-state index in [0.717, 1.165) is 0 Å². The van der Waals surface area contributed by atoms with Gasteiger partial charge in [-0.2, -0.15) is 0 Å². The monoisotopic (exact) mass is 201 g/mol. The van der Waals surface area contributed by atoms with Crippen LogP contribution in [-0.2, 0) is 10.0 Å². The molecule has 0 radical (unpaired) electrons. The lowest BCUT2D eigenvalue weighted by molar-refractivity contribution is 0.402. The molecule has 0 saturated heterocycles. The first-order valence-electron chi connectivity index (χ1n) is 3.63. The van der Waals surface area contributed by atoms with Crippen molar-refractivity contribution in [3.05, 3.63) is 23.8 Å². The summed E-state index contributed by atoms with van der Waals surface area (Å²) in [6, 6.07) is 4.94. The molecular formula is C8H11NO3S. The standard InChI is InChI=1S/C8H11NO3S/c1-6-4-3-5-7(12-2)8(6)13(9,10)11/h3-5H,1-2H3,(H2,9,10,11). The number of nitrogens with two attached hydrogens (primary N) is 1. The van der Waals surface area contributed by atoms with Crippen LogP contribution in [0.4, 0.5) is 0 Å². The number of benzene rings is 1. The molecule has 4 nitrogen and oxygen atoms in total. The highest BCUT2D eigenvalue weighted by molar-refractivity contribution is 7.89. The molecule has 0 saturated carbocycles. The average molecular weight is 201 g/mol. The summed E-state index contributed by atoms with van der Waals surface area (Å²) in [4.78, 5) is 0.0532. The van der Waals surface area contributed by atoms with Gasteiger partial charge in [-0.1, -0.05) is 12.1 Å². The Balaban J connectivity index is 3.50. The largest absolute Gasteiger partial charge is 0.495 e. The fraction of sp³-hybridized carbons (Fsp3) is 0.250. The molecule has 0 fully saturated rings. The highest BCUT2D eigenvalue weighted by Gasteiger charge is 2.16. The lowest BCUT2D eigenvalue weighted by Crippen LogP contribution is -2.14. The Kier molecular flexibility index (Phi) is 2.58. The van der Waals surface area contributed by atoms with Gasteiger partial charge < -0.3 is 4.74 Å². The van der Waals surface area contributed by atoms with Crippen molar-refractivity contribution in [2.24, 2.45) is 5.14 Å². The molecular weight excluding hydrogens is 190 g/mol. The smallest absolute Gasteiger partial charge is 0.242 e. The maximum Gasteiger partial charge on any atom is 0.242 e. The van der Waals surface area contributed by atoms with Gasteiger partial charge in [-0.15, -0.1) is 0 Å². The summed E-state index contributed by atoms with van der Waals surface area (Å²) in [5.41, 5.74) is 0.585. The van der Waals surface area contributed by atoms with E-state index >= 15 is 0 Å². The Labute approximate surface area is 77.4 Å². The molecule has 0 aliphatic carbocycles. The van der Waals surface area contributed by atoms with Crippen LogP contribution in [0.15, 0.2) is 23.1 Å². The molecule has 0 amide bonds. The molecule has 2 N–H and O–H groups in total. The Bertz CT molecular complexity index is 411. The predicted octanol–water partition coefficient (Wildman–Crippen LogP) is 0.651. The fourth-order valence-corrected chi connectivity index (χ4v) is 2.10. The van der Waals surface area contributed by atoms with Gasteiger partial charge in [-0.25, -0.2) is 13.6 Å². The first-order chi connectivity index (χ1) is 5.96. The highest BCUT2D eigenvalue weighted by atomic mass is 32.2. The van der Waals surface area contributed by atoms with E-state index < -0.39 is 10.0 Å². The average Bonchev–Trinajstić information content (AvgIpc) is 2.01. The van der Waals surface area contributed by atoms with Crippen molar-refractivity contribution in [1.82, 2.24) is 0 Å². The summed E-state index contributed by atoms with van der Waals surface area (Å²) in [5.74, 6) is 0.280. The molecule has 0 spiro atoms. The highest BCUT2D eigenvalue weighted by Crippen LogP contribution is 2.25. The molecule has 1 aromatic carbocycles. The number of methoxy groups -OCH3 is 1. The second-order valence-electron chi connectivity index (χ2n) is 2.65. The number of aryl methyl sites for hydroxylation is 1. The van der Waals surface area contributed by atoms with Gasteiger partial charge in [0.25, 0.3) is 0 Å². The quantitative estimate of drug-likeness (QED) is 0.763. The molecule has 0 heterocycles. The number of sulfonamides is 1. The Hall–Kier alpha value is -1.07.